The molecule has 1 unspecified atom stereocenters. The first-order valence-corrected chi connectivity index (χ1v) is 14.6. The van der Waals surface area contributed by atoms with E-state index in [-0.39, 0.29) is 23.8 Å². The molecule has 218 valence electrons. The molecule has 3 aromatic heterocycles. The zero-order valence-corrected chi connectivity index (χ0v) is 23.6. The Morgan fingerprint density at radius 1 is 1.05 bits per heavy atom. The molecule has 43 heavy (non-hydrogen) atoms. The molecule has 11 nitrogen and oxygen atoms in total. The van der Waals surface area contributed by atoms with Crippen molar-refractivity contribution in [3.8, 4) is 11.1 Å². The smallest absolute Gasteiger partial charge is 0.302 e. The quantitative estimate of drug-likeness (QED) is 0.271. The minimum Gasteiger partial charge on any atom is -0.423 e. The van der Waals surface area contributed by atoms with Crippen LogP contribution in [-0.4, -0.2) is 73.9 Å². The number of hydrogen-bond donors (Lipinski definition) is 2. The Labute approximate surface area is 248 Å². The van der Waals surface area contributed by atoms with Gasteiger partial charge in [-0.1, -0.05) is 42.5 Å². The summed E-state index contributed by atoms with van der Waals surface area (Å²) in [6.07, 6.45) is 9.93. The largest absolute Gasteiger partial charge is 0.423 e. The predicted molar refractivity (Wildman–Crippen MR) is 164 cm³/mol. The number of carbonyl (C=O) groups is 2. The molecule has 0 spiro atoms. The molecular formula is C32H32N8O3. The lowest BCUT2D eigenvalue weighted by molar-refractivity contribution is -0.125. The summed E-state index contributed by atoms with van der Waals surface area (Å²) >= 11 is 0. The van der Waals surface area contributed by atoms with Gasteiger partial charge in [0.2, 0.25) is 5.91 Å². The zero-order valence-electron chi connectivity index (χ0n) is 23.6. The highest BCUT2D eigenvalue weighted by Crippen LogP contribution is 2.32. The Kier molecular flexibility index (Phi) is 7.07. The monoisotopic (exact) mass is 576 g/mol. The van der Waals surface area contributed by atoms with Crippen LogP contribution < -0.4 is 11.1 Å². The van der Waals surface area contributed by atoms with Crippen LogP contribution in [0, 0.1) is 0 Å². The lowest BCUT2D eigenvalue weighted by Gasteiger charge is -2.16. The fourth-order valence-electron chi connectivity index (χ4n) is 6.06. The number of nitrogen functional groups attached to an aromatic ring is 1. The number of benzene rings is 2. The molecule has 0 saturated carbocycles. The summed E-state index contributed by atoms with van der Waals surface area (Å²) < 4.78 is 7.77. The fraction of sp³-hybridized carbons (Fsp3) is 0.281. The van der Waals surface area contributed by atoms with Gasteiger partial charge in [0.25, 0.3) is 5.91 Å². The number of rotatable bonds is 7. The molecule has 2 aromatic carbocycles. The Balaban J connectivity index is 1.10. The summed E-state index contributed by atoms with van der Waals surface area (Å²) in [4.78, 5) is 43.7. The molecule has 7 rings (SSSR count). The van der Waals surface area contributed by atoms with Crippen molar-refractivity contribution in [1.29, 1.82) is 0 Å². The van der Waals surface area contributed by atoms with Crippen LogP contribution >= 0.6 is 0 Å². The van der Waals surface area contributed by atoms with Crippen LogP contribution in [0.5, 0.6) is 0 Å². The van der Waals surface area contributed by atoms with E-state index in [1.165, 1.54) is 19.2 Å². The topological polar surface area (TPSA) is 135 Å². The van der Waals surface area contributed by atoms with E-state index in [2.05, 4.69) is 25.2 Å². The van der Waals surface area contributed by atoms with Crippen LogP contribution in [0.3, 0.4) is 0 Å². The maximum absolute atomic E-state index is 13.6. The van der Waals surface area contributed by atoms with E-state index in [0.29, 0.717) is 40.8 Å². The van der Waals surface area contributed by atoms with Crippen LogP contribution in [0.15, 0.2) is 77.6 Å². The lowest BCUT2D eigenvalue weighted by Crippen LogP contribution is -2.28. The van der Waals surface area contributed by atoms with Crippen molar-refractivity contribution in [3.05, 3.63) is 78.8 Å². The van der Waals surface area contributed by atoms with E-state index in [9.17, 15) is 9.59 Å². The zero-order chi connectivity index (χ0) is 29.3. The first kappa shape index (κ1) is 26.8. The molecule has 3 N–H and O–H groups in total. The number of nitrogens with two attached hydrogens (primary N) is 1. The van der Waals surface area contributed by atoms with Crippen molar-refractivity contribution in [3.63, 3.8) is 0 Å². The molecule has 2 amide bonds. The van der Waals surface area contributed by atoms with Gasteiger partial charge in [-0.3, -0.25) is 19.8 Å². The second-order valence-corrected chi connectivity index (χ2v) is 11.1. The van der Waals surface area contributed by atoms with Crippen molar-refractivity contribution in [2.45, 2.75) is 25.3 Å². The molecule has 2 aliphatic rings. The molecule has 11 heteroatoms. The number of anilines is 2. The molecule has 2 aliphatic heterocycles. The van der Waals surface area contributed by atoms with Gasteiger partial charge in [0.1, 0.15) is 23.3 Å². The third-order valence-corrected chi connectivity index (χ3v) is 8.29. The van der Waals surface area contributed by atoms with Gasteiger partial charge in [-0.2, -0.15) is 4.98 Å². The highest BCUT2D eigenvalue weighted by molar-refractivity contribution is 6.14. The van der Waals surface area contributed by atoms with Gasteiger partial charge in [0.15, 0.2) is 5.58 Å². The molecule has 1 atom stereocenters. The maximum atomic E-state index is 13.6. The third kappa shape index (κ3) is 5.35. The average molecular weight is 577 g/mol. The summed E-state index contributed by atoms with van der Waals surface area (Å²) in [6.45, 7) is 4.11. The van der Waals surface area contributed by atoms with E-state index >= 15 is 0 Å². The van der Waals surface area contributed by atoms with E-state index in [1.807, 2.05) is 64.1 Å². The highest BCUT2D eigenvalue weighted by Gasteiger charge is 2.30. The van der Waals surface area contributed by atoms with Crippen LogP contribution in [0.1, 0.15) is 35.7 Å². The third-order valence-electron chi connectivity index (χ3n) is 8.29. The van der Waals surface area contributed by atoms with E-state index in [0.717, 1.165) is 37.2 Å². The second kappa shape index (κ2) is 11.3. The summed E-state index contributed by atoms with van der Waals surface area (Å²) in [5.74, 6) is -0.234. The number of hydrogen-bond acceptors (Lipinski definition) is 8. The number of carbonyl (C=O) groups excluding carboxylic acids is 2. The Morgan fingerprint density at radius 2 is 1.88 bits per heavy atom. The normalized spacial score (nSPS) is 17.5. The van der Waals surface area contributed by atoms with Crippen LogP contribution in [0.25, 0.3) is 33.3 Å². The number of likely N-dealkylation sites (tertiary alicyclic amines) is 2. The molecule has 2 saturated heterocycles. The molecular weight excluding hydrogens is 544 g/mol. The van der Waals surface area contributed by atoms with Crippen molar-refractivity contribution >= 4 is 45.8 Å². The second-order valence-electron chi connectivity index (χ2n) is 11.1. The van der Waals surface area contributed by atoms with E-state index in [1.54, 1.807) is 12.3 Å². The van der Waals surface area contributed by atoms with Crippen molar-refractivity contribution in [2.24, 2.45) is 0 Å². The molecule has 5 aromatic rings. The lowest BCUT2D eigenvalue weighted by atomic mass is 10.1. The van der Waals surface area contributed by atoms with Gasteiger partial charge in [-0.15, -0.1) is 0 Å². The highest BCUT2D eigenvalue weighted by atomic mass is 16.4. The number of nitrogens with one attached hydrogen (secondary N) is 1. The number of nitrogens with zero attached hydrogens (tertiary/aromatic N) is 6. The summed E-state index contributed by atoms with van der Waals surface area (Å²) in [7, 11) is 0. The van der Waals surface area contributed by atoms with Gasteiger partial charge in [0.05, 0.1) is 17.0 Å². The van der Waals surface area contributed by atoms with Gasteiger partial charge >= 0.3 is 6.01 Å². The standard InChI is InChI=1S/C32H32N8O3/c33-29-28-24(31(42)37-32-36-25-17-22(10-11-26(25)43-32)21-7-2-1-3-8-21)19-40(30(28)35-20-34-29)23-12-16-39(18-23)27(41)9-6-15-38-13-4-5-14-38/h1-3,6-11,17,19-20,23H,4-5,12-16,18H2,(H2,33,34,35)(H,36,37,42). The number of aromatic nitrogens is 4. The van der Waals surface area contributed by atoms with Crippen molar-refractivity contribution < 1.29 is 14.0 Å². The van der Waals surface area contributed by atoms with Crippen molar-refractivity contribution in [2.75, 3.05) is 43.8 Å². The maximum Gasteiger partial charge on any atom is 0.302 e. The summed E-state index contributed by atoms with van der Waals surface area (Å²) in [6, 6.07) is 15.7. The Bertz CT molecular complexity index is 1840. The van der Waals surface area contributed by atoms with Crippen LogP contribution in [0.4, 0.5) is 11.8 Å². The Morgan fingerprint density at radius 3 is 2.72 bits per heavy atom. The summed E-state index contributed by atoms with van der Waals surface area (Å²) in [5, 5.41) is 3.24. The predicted octanol–water partition coefficient (Wildman–Crippen LogP) is 4.50. The average Bonchev–Trinajstić information content (AvgIpc) is 3.83. The van der Waals surface area contributed by atoms with Gasteiger partial charge < -0.3 is 19.6 Å². The van der Waals surface area contributed by atoms with Crippen LogP contribution in [0.2, 0.25) is 0 Å². The minimum absolute atomic E-state index is 0.00311. The minimum atomic E-state index is -0.434. The molecule has 0 radical (unpaired) electrons. The fourth-order valence-corrected chi connectivity index (χ4v) is 6.06. The number of oxazole rings is 1. The van der Waals surface area contributed by atoms with Gasteiger partial charge in [0, 0.05) is 31.9 Å². The first-order chi connectivity index (χ1) is 21.0. The molecule has 2 fully saturated rings. The van der Waals surface area contributed by atoms with Gasteiger partial charge in [-0.05, 0) is 55.6 Å². The molecule has 0 bridgehead atoms. The Hall–Kier alpha value is -5.03. The molecule has 5 heterocycles. The molecule has 0 aliphatic carbocycles. The van der Waals surface area contributed by atoms with E-state index in [4.69, 9.17) is 10.2 Å². The SMILES string of the molecule is Nc1ncnc2c1c(C(=O)Nc1nc3cc(-c4ccccc4)ccc3o1)cn2C1CCN(C(=O)C=CCN2CCCC2)C1. The van der Waals surface area contributed by atoms with Crippen LogP contribution in [-0.2, 0) is 4.79 Å². The van der Waals surface area contributed by atoms with Crippen molar-refractivity contribution in [1.82, 2.24) is 29.3 Å². The van der Waals surface area contributed by atoms with Gasteiger partial charge in [-0.25, -0.2) is 9.97 Å². The number of fused-ring (bicyclic) bond motifs is 2. The number of amides is 2. The summed E-state index contributed by atoms with van der Waals surface area (Å²) in [5.41, 5.74) is 10.4. The van der Waals surface area contributed by atoms with E-state index < -0.39 is 5.91 Å². The first-order valence-electron chi connectivity index (χ1n) is 14.6.